The molecule has 1 aromatic carbocycles. The number of carbonyl (C=O) groups excluding carboxylic acids is 1. The maximum absolute atomic E-state index is 12.1. The molecule has 0 radical (unpaired) electrons. The molecular formula is C16H22N2OS. The SMILES string of the molecule is CC(NC(=O)C1CSCN1)c1ccc2c(c1)CCCC2. The third kappa shape index (κ3) is 3.01. The van der Waals surface area contributed by atoms with Crippen LogP contribution in [0, 0.1) is 0 Å². The molecule has 0 spiro atoms. The van der Waals surface area contributed by atoms with E-state index in [1.807, 2.05) is 0 Å². The molecule has 2 aliphatic rings. The summed E-state index contributed by atoms with van der Waals surface area (Å²) in [7, 11) is 0. The van der Waals surface area contributed by atoms with Gasteiger partial charge in [-0.25, -0.2) is 0 Å². The van der Waals surface area contributed by atoms with E-state index < -0.39 is 0 Å². The summed E-state index contributed by atoms with van der Waals surface area (Å²) in [5.74, 6) is 1.88. The predicted molar refractivity (Wildman–Crippen MR) is 83.9 cm³/mol. The monoisotopic (exact) mass is 290 g/mol. The number of rotatable bonds is 3. The van der Waals surface area contributed by atoms with Crippen LogP contribution in [-0.2, 0) is 17.6 Å². The van der Waals surface area contributed by atoms with E-state index in [1.54, 1.807) is 11.8 Å². The fourth-order valence-corrected chi connectivity index (χ4v) is 3.93. The maximum Gasteiger partial charge on any atom is 0.238 e. The Labute approximate surface area is 124 Å². The quantitative estimate of drug-likeness (QED) is 0.898. The first-order chi connectivity index (χ1) is 9.74. The van der Waals surface area contributed by atoms with Gasteiger partial charge in [0.2, 0.25) is 5.91 Å². The van der Waals surface area contributed by atoms with E-state index in [2.05, 4.69) is 35.8 Å². The van der Waals surface area contributed by atoms with Gasteiger partial charge in [-0.3, -0.25) is 10.1 Å². The number of hydrogen-bond donors (Lipinski definition) is 2. The van der Waals surface area contributed by atoms with Crippen LogP contribution in [0.3, 0.4) is 0 Å². The molecule has 0 saturated carbocycles. The van der Waals surface area contributed by atoms with Crippen molar-refractivity contribution in [3.05, 3.63) is 34.9 Å². The minimum absolute atomic E-state index is 0.0277. The molecule has 1 aliphatic heterocycles. The molecule has 2 N–H and O–H groups in total. The smallest absolute Gasteiger partial charge is 0.238 e. The number of aryl methyl sites for hydroxylation is 2. The summed E-state index contributed by atoms with van der Waals surface area (Å²) in [6.45, 7) is 2.07. The molecule has 2 atom stereocenters. The van der Waals surface area contributed by atoms with E-state index in [-0.39, 0.29) is 18.0 Å². The van der Waals surface area contributed by atoms with E-state index in [0.29, 0.717) is 0 Å². The normalized spacial score (nSPS) is 23.1. The Morgan fingerprint density at radius 3 is 2.90 bits per heavy atom. The standard InChI is InChI=1S/C16H22N2OS/c1-11(18-16(19)15-9-20-10-17-15)13-7-6-12-4-2-3-5-14(12)8-13/h6-8,11,15,17H,2-5,9-10H2,1H3,(H,18,19). The highest BCUT2D eigenvalue weighted by molar-refractivity contribution is 7.99. The van der Waals surface area contributed by atoms with Crippen molar-refractivity contribution >= 4 is 17.7 Å². The van der Waals surface area contributed by atoms with Crippen LogP contribution < -0.4 is 10.6 Å². The lowest BCUT2D eigenvalue weighted by Crippen LogP contribution is -2.42. The van der Waals surface area contributed by atoms with E-state index in [9.17, 15) is 4.79 Å². The third-order valence-electron chi connectivity index (χ3n) is 4.26. The lowest BCUT2D eigenvalue weighted by Gasteiger charge is -2.21. The molecule has 1 aromatic rings. The molecule has 0 aromatic heterocycles. The molecule has 2 unspecified atom stereocenters. The van der Waals surface area contributed by atoms with E-state index in [4.69, 9.17) is 0 Å². The Morgan fingerprint density at radius 1 is 1.35 bits per heavy atom. The average molecular weight is 290 g/mol. The first kappa shape index (κ1) is 14.0. The van der Waals surface area contributed by atoms with Crippen LogP contribution in [0.25, 0.3) is 0 Å². The second-order valence-corrected chi connectivity index (χ2v) is 6.77. The second kappa shape index (κ2) is 6.19. The fraction of sp³-hybridized carbons (Fsp3) is 0.562. The van der Waals surface area contributed by atoms with Crippen LogP contribution >= 0.6 is 11.8 Å². The van der Waals surface area contributed by atoms with Gasteiger partial charge in [0.05, 0.1) is 12.1 Å². The van der Waals surface area contributed by atoms with Gasteiger partial charge in [-0.05, 0) is 49.3 Å². The Balaban J connectivity index is 1.67. The highest BCUT2D eigenvalue weighted by Gasteiger charge is 2.24. The molecule has 108 valence electrons. The minimum atomic E-state index is -0.0277. The number of thioether (sulfide) groups is 1. The third-order valence-corrected chi connectivity index (χ3v) is 5.20. The molecular weight excluding hydrogens is 268 g/mol. The van der Waals surface area contributed by atoms with Crippen LogP contribution in [0.1, 0.15) is 42.5 Å². The number of fused-ring (bicyclic) bond motifs is 1. The zero-order valence-corrected chi connectivity index (χ0v) is 12.8. The summed E-state index contributed by atoms with van der Waals surface area (Å²) >= 11 is 1.78. The molecule has 1 aliphatic carbocycles. The van der Waals surface area contributed by atoms with Gasteiger partial charge in [-0.15, -0.1) is 11.8 Å². The topological polar surface area (TPSA) is 41.1 Å². The summed E-state index contributed by atoms with van der Waals surface area (Å²) in [6.07, 6.45) is 4.99. The summed E-state index contributed by atoms with van der Waals surface area (Å²) in [6, 6.07) is 6.76. The van der Waals surface area contributed by atoms with Gasteiger partial charge >= 0.3 is 0 Å². The van der Waals surface area contributed by atoms with Crippen molar-refractivity contribution in [3.63, 3.8) is 0 Å². The van der Waals surface area contributed by atoms with Crippen molar-refractivity contribution in [2.45, 2.75) is 44.7 Å². The van der Waals surface area contributed by atoms with Crippen molar-refractivity contribution in [2.24, 2.45) is 0 Å². The number of amides is 1. The first-order valence-electron chi connectivity index (χ1n) is 7.47. The zero-order chi connectivity index (χ0) is 13.9. The molecule has 1 heterocycles. The van der Waals surface area contributed by atoms with Crippen LogP contribution in [-0.4, -0.2) is 23.6 Å². The minimum Gasteiger partial charge on any atom is -0.348 e. The Morgan fingerprint density at radius 2 is 2.15 bits per heavy atom. The average Bonchev–Trinajstić information content (AvgIpc) is 3.01. The van der Waals surface area contributed by atoms with Crippen molar-refractivity contribution in [1.82, 2.24) is 10.6 Å². The van der Waals surface area contributed by atoms with Gasteiger partial charge in [0.25, 0.3) is 0 Å². The molecule has 1 fully saturated rings. The largest absolute Gasteiger partial charge is 0.348 e. The molecule has 1 saturated heterocycles. The second-order valence-electron chi connectivity index (χ2n) is 5.74. The van der Waals surface area contributed by atoms with Gasteiger partial charge in [0, 0.05) is 11.6 Å². The van der Waals surface area contributed by atoms with E-state index in [0.717, 1.165) is 11.6 Å². The molecule has 0 bridgehead atoms. The number of hydrogen-bond acceptors (Lipinski definition) is 3. The number of nitrogens with one attached hydrogen (secondary N) is 2. The van der Waals surface area contributed by atoms with Gasteiger partial charge in [0.1, 0.15) is 0 Å². The maximum atomic E-state index is 12.1. The van der Waals surface area contributed by atoms with Crippen LogP contribution in [0.5, 0.6) is 0 Å². The molecule has 3 nitrogen and oxygen atoms in total. The lowest BCUT2D eigenvalue weighted by atomic mass is 9.89. The first-order valence-corrected chi connectivity index (χ1v) is 8.63. The zero-order valence-electron chi connectivity index (χ0n) is 11.9. The van der Waals surface area contributed by atoms with Crippen LogP contribution in [0.2, 0.25) is 0 Å². The van der Waals surface area contributed by atoms with Crippen LogP contribution in [0.4, 0.5) is 0 Å². The van der Waals surface area contributed by atoms with Crippen molar-refractivity contribution in [2.75, 3.05) is 11.6 Å². The highest BCUT2D eigenvalue weighted by atomic mass is 32.2. The Hall–Kier alpha value is -1.00. The summed E-state index contributed by atoms with van der Waals surface area (Å²) in [5.41, 5.74) is 4.20. The molecule has 3 rings (SSSR count). The fourth-order valence-electron chi connectivity index (χ4n) is 2.98. The summed E-state index contributed by atoms with van der Waals surface area (Å²) < 4.78 is 0. The lowest BCUT2D eigenvalue weighted by molar-refractivity contribution is -0.123. The summed E-state index contributed by atoms with van der Waals surface area (Å²) in [4.78, 5) is 12.1. The van der Waals surface area contributed by atoms with Crippen molar-refractivity contribution in [1.29, 1.82) is 0 Å². The van der Waals surface area contributed by atoms with Crippen molar-refractivity contribution in [3.8, 4) is 0 Å². The number of carbonyl (C=O) groups is 1. The molecule has 4 heteroatoms. The van der Waals surface area contributed by atoms with E-state index >= 15 is 0 Å². The van der Waals surface area contributed by atoms with Gasteiger partial charge in [-0.1, -0.05) is 18.2 Å². The summed E-state index contributed by atoms with van der Waals surface area (Å²) in [5, 5.41) is 6.34. The molecule has 20 heavy (non-hydrogen) atoms. The van der Waals surface area contributed by atoms with Gasteiger partial charge in [0.15, 0.2) is 0 Å². The number of benzene rings is 1. The van der Waals surface area contributed by atoms with Gasteiger partial charge < -0.3 is 5.32 Å². The van der Waals surface area contributed by atoms with E-state index in [1.165, 1.54) is 42.4 Å². The van der Waals surface area contributed by atoms with Crippen LogP contribution in [0.15, 0.2) is 18.2 Å². The van der Waals surface area contributed by atoms with Crippen molar-refractivity contribution < 1.29 is 4.79 Å². The highest BCUT2D eigenvalue weighted by Crippen LogP contribution is 2.25. The molecule has 1 amide bonds. The van der Waals surface area contributed by atoms with Gasteiger partial charge in [-0.2, -0.15) is 0 Å². The Bertz CT molecular complexity index is 497. The Kier molecular flexibility index (Phi) is 4.32. The predicted octanol–water partition coefficient (Wildman–Crippen LogP) is 2.41.